The molecule has 0 aliphatic carbocycles. The molecule has 0 saturated heterocycles. The molecule has 0 saturated carbocycles. The van der Waals surface area contributed by atoms with Crippen LogP contribution in [0, 0.1) is 55.4 Å². The molecule has 3 heteroatoms. The van der Waals surface area contributed by atoms with Crippen molar-refractivity contribution in [2.75, 3.05) is 0 Å². The molecule has 0 amide bonds. The van der Waals surface area contributed by atoms with Gasteiger partial charge in [-0.05, 0) is 55.4 Å². The number of rotatable bonds is 8. The predicted molar refractivity (Wildman–Crippen MR) is 264 cm³/mol. The predicted octanol–water partition coefficient (Wildman–Crippen LogP) is 8.21. The van der Waals surface area contributed by atoms with Gasteiger partial charge in [0, 0.05) is 0 Å². The molecule has 0 fully saturated rings. The van der Waals surface area contributed by atoms with Gasteiger partial charge in [-0.3, -0.25) is 0 Å². The van der Waals surface area contributed by atoms with Crippen LogP contribution in [0.5, 0.6) is 0 Å². The van der Waals surface area contributed by atoms with Crippen molar-refractivity contribution in [2.45, 2.75) is 55.4 Å². The molecule has 0 aliphatic heterocycles. The van der Waals surface area contributed by atoms with Gasteiger partial charge in [0.2, 0.25) is 0 Å². The first-order valence-corrected chi connectivity index (χ1v) is 20.9. The molecule has 0 aliphatic rings. The van der Waals surface area contributed by atoms with E-state index in [2.05, 4.69) is 250 Å². The Morgan fingerprint density at radius 1 is 0.169 bits per heavy atom. The van der Waals surface area contributed by atoms with Gasteiger partial charge < -0.3 is 0 Å². The van der Waals surface area contributed by atoms with E-state index in [1.54, 1.807) is 0 Å². The number of benzene rings is 8. The SMILES string of the molecule is Cc1ccc([B-](c2ccc(C)cc2)(c2ccc(C)cc2)c2ccc(C)cc2)cc1.Cc1ccc([B-](c2ccc(C)cc2)(c2ccc(C)cc2)c2ccc(C)cc2)cc1.[Ca+2]. The zero-order valence-electron chi connectivity index (χ0n) is 36.3. The van der Waals surface area contributed by atoms with Crippen molar-refractivity contribution in [1.82, 2.24) is 0 Å². The van der Waals surface area contributed by atoms with E-state index < -0.39 is 12.3 Å². The Kier molecular flexibility index (Phi) is 14.1. The second-order valence-electron chi connectivity index (χ2n) is 17.0. The minimum Gasteiger partial charge on any atom is -0.195 e. The molecule has 0 unspecified atom stereocenters. The van der Waals surface area contributed by atoms with E-state index >= 15 is 0 Å². The van der Waals surface area contributed by atoms with Crippen molar-refractivity contribution in [3.8, 4) is 0 Å². The molecule has 8 rings (SSSR count). The summed E-state index contributed by atoms with van der Waals surface area (Å²) in [7, 11) is 0. The molecular weight excluding hydrogens is 734 g/mol. The van der Waals surface area contributed by atoms with Crippen LogP contribution < -0.4 is 43.7 Å². The minimum absolute atomic E-state index is 0. The van der Waals surface area contributed by atoms with Crippen molar-refractivity contribution in [3.63, 3.8) is 0 Å². The zero-order valence-corrected chi connectivity index (χ0v) is 38.5. The molecule has 0 aromatic heterocycles. The summed E-state index contributed by atoms with van der Waals surface area (Å²) >= 11 is 0. The van der Waals surface area contributed by atoms with E-state index in [9.17, 15) is 0 Å². The van der Waals surface area contributed by atoms with Gasteiger partial charge >= 0.3 is 37.7 Å². The van der Waals surface area contributed by atoms with Crippen molar-refractivity contribution < 1.29 is 0 Å². The molecule has 0 atom stereocenters. The average Bonchev–Trinajstić information content (AvgIpc) is 3.23. The van der Waals surface area contributed by atoms with Crippen molar-refractivity contribution in [3.05, 3.63) is 239 Å². The van der Waals surface area contributed by atoms with Gasteiger partial charge in [0.15, 0.2) is 0 Å². The third-order valence-corrected chi connectivity index (χ3v) is 12.6. The van der Waals surface area contributed by atoms with Gasteiger partial charge in [0.1, 0.15) is 12.3 Å². The second kappa shape index (κ2) is 19.0. The smallest absolute Gasteiger partial charge is 0.195 e. The van der Waals surface area contributed by atoms with E-state index in [0.717, 1.165) is 0 Å². The van der Waals surface area contributed by atoms with Crippen LogP contribution in [0.2, 0.25) is 0 Å². The Bertz CT molecular complexity index is 1990. The van der Waals surface area contributed by atoms with Gasteiger partial charge in [0.05, 0.1) is 0 Å². The van der Waals surface area contributed by atoms with Gasteiger partial charge in [-0.25, -0.2) is 0 Å². The van der Waals surface area contributed by atoms with Gasteiger partial charge in [-0.1, -0.05) is 239 Å². The summed E-state index contributed by atoms with van der Waals surface area (Å²) in [5.74, 6) is 0. The molecule has 0 bridgehead atoms. The maximum absolute atomic E-state index is 2.31. The Balaban J connectivity index is 0.000000195. The normalized spacial score (nSPS) is 11.3. The molecule has 0 nitrogen and oxygen atoms in total. The summed E-state index contributed by atoms with van der Waals surface area (Å²) in [6, 6.07) is 72.8. The quantitative estimate of drug-likeness (QED) is 0.136. The van der Waals surface area contributed by atoms with E-state index in [4.69, 9.17) is 0 Å². The first kappa shape index (κ1) is 43.7. The molecular formula is C56H56B2Ca. The summed E-state index contributed by atoms with van der Waals surface area (Å²) in [6.07, 6.45) is -2.55. The van der Waals surface area contributed by atoms with Gasteiger partial charge in [-0.2, -0.15) is 43.7 Å². The Morgan fingerprint density at radius 2 is 0.254 bits per heavy atom. The summed E-state index contributed by atoms with van der Waals surface area (Å²) in [5, 5.41) is 0. The summed E-state index contributed by atoms with van der Waals surface area (Å²) in [4.78, 5) is 0. The molecule has 0 radical (unpaired) electrons. The van der Waals surface area contributed by atoms with Crippen LogP contribution >= 0.6 is 0 Å². The van der Waals surface area contributed by atoms with Crippen LogP contribution in [0.3, 0.4) is 0 Å². The van der Waals surface area contributed by atoms with Crippen LogP contribution in [0.4, 0.5) is 0 Å². The van der Waals surface area contributed by atoms with Crippen molar-refractivity contribution in [2.24, 2.45) is 0 Å². The van der Waals surface area contributed by atoms with E-state index in [0.29, 0.717) is 0 Å². The molecule has 0 heterocycles. The monoisotopic (exact) mass is 790 g/mol. The largest absolute Gasteiger partial charge is 2.00 e. The van der Waals surface area contributed by atoms with E-state index in [-0.39, 0.29) is 37.7 Å². The fourth-order valence-electron chi connectivity index (χ4n) is 9.15. The Labute approximate surface area is 384 Å². The van der Waals surface area contributed by atoms with Gasteiger partial charge in [0.25, 0.3) is 0 Å². The minimum atomic E-state index is -1.27. The summed E-state index contributed by atoms with van der Waals surface area (Å²) < 4.78 is 0. The maximum Gasteiger partial charge on any atom is 2.00 e. The van der Waals surface area contributed by atoms with Gasteiger partial charge in [-0.15, -0.1) is 0 Å². The standard InChI is InChI=1S/2C28H28B.Ca/c2*1-21-5-13-25(14-6-21)29(26-15-7-22(2)8-16-26,27-17-9-23(3)10-18-27)28-19-11-24(4)12-20-28;/h2*5-20H,1-4H3;/q2*-1;+2. The number of hydrogen-bond donors (Lipinski definition) is 0. The first-order valence-electron chi connectivity index (χ1n) is 20.9. The van der Waals surface area contributed by atoms with Crippen molar-refractivity contribution >= 4 is 93.7 Å². The molecule has 8 aromatic carbocycles. The second-order valence-corrected chi connectivity index (χ2v) is 17.0. The molecule has 0 N–H and O–H groups in total. The summed E-state index contributed by atoms with van der Waals surface area (Å²) in [5.41, 5.74) is 21.1. The van der Waals surface area contributed by atoms with Crippen LogP contribution in [-0.4, -0.2) is 50.0 Å². The van der Waals surface area contributed by atoms with Crippen LogP contribution in [0.15, 0.2) is 194 Å². The van der Waals surface area contributed by atoms with E-state index in [1.165, 1.54) is 88.2 Å². The zero-order chi connectivity index (χ0) is 40.9. The first-order chi connectivity index (χ1) is 28.0. The third kappa shape index (κ3) is 9.17. The average molecular weight is 791 g/mol. The fourth-order valence-corrected chi connectivity index (χ4v) is 9.15. The Morgan fingerprint density at radius 3 is 0.339 bits per heavy atom. The van der Waals surface area contributed by atoms with Crippen LogP contribution in [0.25, 0.3) is 0 Å². The van der Waals surface area contributed by atoms with E-state index in [1.807, 2.05) is 0 Å². The fraction of sp³-hybridized carbons (Fsp3) is 0.143. The third-order valence-electron chi connectivity index (χ3n) is 12.6. The van der Waals surface area contributed by atoms with Crippen LogP contribution in [0.1, 0.15) is 44.5 Å². The molecule has 0 spiro atoms. The number of aryl methyl sites for hydroxylation is 8. The Hall–Kier alpha value is -4.85. The summed E-state index contributed by atoms with van der Waals surface area (Å²) in [6.45, 7) is 17.2. The maximum atomic E-state index is 2.31. The van der Waals surface area contributed by atoms with Crippen LogP contribution in [-0.2, 0) is 0 Å². The number of hydrogen-bond acceptors (Lipinski definition) is 0. The molecule has 8 aromatic rings. The van der Waals surface area contributed by atoms with Crippen molar-refractivity contribution in [1.29, 1.82) is 0 Å². The molecule has 288 valence electrons. The topological polar surface area (TPSA) is 0 Å². The molecule has 59 heavy (non-hydrogen) atoms.